The van der Waals surface area contributed by atoms with E-state index in [4.69, 9.17) is 16.3 Å². The molecule has 0 aliphatic carbocycles. The molecule has 0 aliphatic rings. The predicted octanol–water partition coefficient (Wildman–Crippen LogP) is 1.65. The molecular formula is C11H11ClN4O2. The minimum atomic E-state index is -0.234. The van der Waals surface area contributed by atoms with E-state index in [0.717, 1.165) is 5.56 Å². The van der Waals surface area contributed by atoms with E-state index in [2.05, 4.69) is 20.5 Å². The summed E-state index contributed by atoms with van der Waals surface area (Å²) in [6.07, 6.45) is 0.169. The first-order chi connectivity index (χ1) is 8.69. The van der Waals surface area contributed by atoms with Crippen LogP contribution in [-0.4, -0.2) is 28.2 Å². The molecule has 0 unspecified atom stereocenters. The fourth-order valence-corrected chi connectivity index (χ4v) is 1.59. The maximum absolute atomic E-state index is 11.7. The SMILES string of the molecule is COc1n[nH]c(NC(=O)Cc2ccccc2Cl)n1. The molecule has 0 radical (unpaired) electrons. The van der Waals surface area contributed by atoms with Crippen molar-refractivity contribution in [3.05, 3.63) is 34.9 Å². The Balaban J connectivity index is 1.99. The largest absolute Gasteiger partial charge is 0.466 e. The number of rotatable bonds is 4. The van der Waals surface area contributed by atoms with Crippen LogP contribution in [0.15, 0.2) is 24.3 Å². The van der Waals surface area contributed by atoms with Crippen LogP contribution in [0.1, 0.15) is 5.56 Å². The van der Waals surface area contributed by atoms with Crippen molar-refractivity contribution in [3.8, 4) is 6.01 Å². The van der Waals surface area contributed by atoms with Crippen LogP contribution in [0.5, 0.6) is 6.01 Å². The Hall–Kier alpha value is -2.08. The van der Waals surface area contributed by atoms with E-state index in [1.807, 2.05) is 12.1 Å². The standard InChI is InChI=1S/C11H11ClN4O2/c1-18-11-14-10(15-16-11)13-9(17)6-7-4-2-3-5-8(7)12/h2-5H,6H2,1H3,(H2,13,14,15,16,17). The molecule has 0 bridgehead atoms. The number of nitrogens with zero attached hydrogens (tertiary/aromatic N) is 2. The smallest absolute Gasteiger partial charge is 0.336 e. The van der Waals surface area contributed by atoms with Gasteiger partial charge >= 0.3 is 6.01 Å². The van der Waals surface area contributed by atoms with Crippen LogP contribution in [0.3, 0.4) is 0 Å². The van der Waals surface area contributed by atoms with Gasteiger partial charge in [-0.15, -0.1) is 5.10 Å². The van der Waals surface area contributed by atoms with Gasteiger partial charge in [-0.1, -0.05) is 29.8 Å². The van der Waals surface area contributed by atoms with Gasteiger partial charge in [0.2, 0.25) is 11.9 Å². The number of methoxy groups -OCH3 is 1. The number of aromatic nitrogens is 3. The number of carbonyl (C=O) groups excluding carboxylic acids is 1. The number of aromatic amines is 1. The maximum atomic E-state index is 11.7. The highest BCUT2D eigenvalue weighted by molar-refractivity contribution is 6.31. The molecule has 1 amide bonds. The number of hydrogen-bond acceptors (Lipinski definition) is 4. The molecular weight excluding hydrogens is 256 g/mol. The first-order valence-corrected chi connectivity index (χ1v) is 5.56. The number of hydrogen-bond donors (Lipinski definition) is 2. The normalized spacial score (nSPS) is 10.1. The predicted molar refractivity (Wildman–Crippen MR) is 66.7 cm³/mol. The average molecular weight is 267 g/mol. The van der Waals surface area contributed by atoms with Gasteiger partial charge in [-0.25, -0.2) is 5.10 Å². The minimum Gasteiger partial charge on any atom is -0.466 e. The van der Waals surface area contributed by atoms with E-state index in [-0.39, 0.29) is 24.3 Å². The molecule has 0 fully saturated rings. The summed E-state index contributed by atoms with van der Waals surface area (Å²) in [5.41, 5.74) is 0.753. The summed E-state index contributed by atoms with van der Waals surface area (Å²) in [7, 11) is 1.44. The highest BCUT2D eigenvalue weighted by atomic mass is 35.5. The van der Waals surface area contributed by atoms with Crippen LogP contribution < -0.4 is 10.1 Å². The molecule has 1 aromatic carbocycles. The zero-order valence-electron chi connectivity index (χ0n) is 9.61. The summed E-state index contributed by atoms with van der Waals surface area (Å²) in [5.74, 6) is 0.00538. The number of anilines is 1. The van der Waals surface area contributed by atoms with Crippen molar-refractivity contribution >= 4 is 23.5 Å². The third-order valence-corrected chi connectivity index (χ3v) is 2.58. The van der Waals surface area contributed by atoms with E-state index in [9.17, 15) is 4.79 Å². The van der Waals surface area contributed by atoms with Crippen molar-refractivity contribution in [2.45, 2.75) is 6.42 Å². The highest BCUT2D eigenvalue weighted by Crippen LogP contribution is 2.15. The lowest BCUT2D eigenvalue weighted by atomic mass is 10.1. The van der Waals surface area contributed by atoms with Crippen LogP contribution >= 0.6 is 11.6 Å². The number of amides is 1. The molecule has 0 saturated heterocycles. The Morgan fingerprint density at radius 3 is 2.94 bits per heavy atom. The lowest BCUT2D eigenvalue weighted by molar-refractivity contribution is -0.115. The molecule has 7 heteroatoms. The lowest BCUT2D eigenvalue weighted by Gasteiger charge is -2.03. The van der Waals surface area contributed by atoms with Crippen molar-refractivity contribution in [3.63, 3.8) is 0 Å². The van der Waals surface area contributed by atoms with Gasteiger partial charge in [0.05, 0.1) is 13.5 Å². The molecule has 6 nitrogen and oxygen atoms in total. The Kier molecular flexibility index (Phi) is 3.78. The fraction of sp³-hybridized carbons (Fsp3) is 0.182. The molecule has 0 atom stereocenters. The summed E-state index contributed by atoms with van der Waals surface area (Å²) in [5, 5.41) is 9.37. The fourth-order valence-electron chi connectivity index (χ4n) is 1.38. The zero-order chi connectivity index (χ0) is 13.0. The van der Waals surface area contributed by atoms with Crippen molar-refractivity contribution in [1.29, 1.82) is 0 Å². The van der Waals surface area contributed by atoms with Gasteiger partial charge in [0.15, 0.2) is 0 Å². The van der Waals surface area contributed by atoms with Gasteiger partial charge < -0.3 is 4.74 Å². The Labute approximate surface area is 108 Å². The van der Waals surface area contributed by atoms with Gasteiger partial charge in [0.25, 0.3) is 0 Å². The second kappa shape index (κ2) is 5.50. The molecule has 18 heavy (non-hydrogen) atoms. The molecule has 0 saturated carbocycles. The number of benzene rings is 1. The summed E-state index contributed by atoms with van der Waals surface area (Å²) in [4.78, 5) is 15.6. The lowest BCUT2D eigenvalue weighted by Crippen LogP contribution is -2.15. The molecule has 0 spiro atoms. The summed E-state index contributed by atoms with van der Waals surface area (Å²) in [6.45, 7) is 0. The Bertz CT molecular complexity index is 555. The van der Waals surface area contributed by atoms with Crippen LogP contribution in [0.4, 0.5) is 5.95 Å². The van der Waals surface area contributed by atoms with Crippen molar-refractivity contribution < 1.29 is 9.53 Å². The first kappa shape index (κ1) is 12.4. The van der Waals surface area contributed by atoms with Crippen LogP contribution in [0, 0.1) is 0 Å². The number of H-pyrrole nitrogens is 1. The van der Waals surface area contributed by atoms with Gasteiger partial charge in [0.1, 0.15) is 0 Å². The second-order valence-electron chi connectivity index (χ2n) is 3.49. The van der Waals surface area contributed by atoms with E-state index >= 15 is 0 Å². The Morgan fingerprint density at radius 2 is 2.28 bits per heavy atom. The molecule has 1 heterocycles. The summed E-state index contributed by atoms with van der Waals surface area (Å²) in [6, 6.07) is 7.34. The van der Waals surface area contributed by atoms with Crippen molar-refractivity contribution in [2.75, 3.05) is 12.4 Å². The van der Waals surface area contributed by atoms with E-state index < -0.39 is 0 Å². The third kappa shape index (κ3) is 2.98. The van der Waals surface area contributed by atoms with Gasteiger partial charge in [-0.3, -0.25) is 10.1 Å². The second-order valence-corrected chi connectivity index (χ2v) is 3.89. The van der Waals surface area contributed by atoms with Gasteiger partial charge in [0, 0.05) is 5.02 Å². The molecule has 2 aromatic rings. The van der Waals surface area contributed by atoms with E-state index in [1.54, 1.807) is 12.1 Å². The van der Waals surface area contributed by atoms with E-state index in [1.165, 1.54) is 7.11 Å². The molecule has 94 valence electrons. The zero-order valence-corrected chi connectivity index (χ0v) is 10.4. The average Bonchev–Trinajstić information content (AvgIpc) is 2.80. The molecule has 2 rings (SSSR count). The first-order valence-electron chi connectivity index (χ1n) is 5.18. The topological polar surface area (TPSA) is 79.9 Å². The maximum Gasteiger partial charge on any atom is 0.336 e. The van der Waals surface area contributed by atoms with Crippen LogP contribution in [0.25, 0.3) is 0 Å². The van der Waals surface area contributed by atoms with Gasteiger partial charge in [-0.2, -0.15) is 4.98 Å². The van der Waals surface area contributed by atoms with Crippen molar-refractivity contribution in [1.82, 2.24) is 15.2 Å². The number of carbonyl (C=O) groups is 1. The summed E-state index contributed by atoms with van der Waals surface area (Å²) >= 11 is 5.96. The quantitative estimate of drug-likeness (QED) is 0.882. The minimum absolute atomic E-state index is 0.169. The number of ether oxygens (including phenoxy) is 1. The van der Waals surface area contributed by atoms with Gasteiger partial charge in [-0.05, 0) is 11.6 Å². The monoisotopic (exact) mass is 266 g/mol. The number of nitrogens with one attached hydrogen (secondary N) is 2. The van der Waals surface area contributed by atoms with E-state index in [0.29, 0.717) is 5.02 Å². The van der Waals surface area contributed by atoms with Crippen molar-refractivity contribution in [2.24, 2.45) is 0 Å². The molecule has 1 aromatic heterocycles. The van der Waals surface area contributed by atoms with Crippen LogP contribution in [0.2, 0.25) is 5.02 Å². The molecule has 2 N–H and O–H groups in total. The highest BCUT2D eigenvalue weighted by Gasteiger charge is 2.09. The Morgan fingerprint density at radius 1 is 1.50 bits per heavy atom. The molecule has 0 aliphatic heterocycles. The third-order valence-electron chi connectivity index (χ3n) is 2.21. The summed E-state index contributed by atoms with van der Waals surface area (Å²) < 4.78 is 4.79. The number of halogens is 1. The van der Waals surface area contributed by atoms with Crippen LogP contribution in [-0.2, 0) is 11.2 Å².